The number of aromatic hydroxyl groups is 1. The summed E-state index contributed by atoms with van der Waals surface area (Å²) in [5.74, 6) is 0.859. The van der Waals surface area contributed by atoms with Crippen molar-refractivity contribution in [2.24, 2.45) is 5.41 Å². The van der Waals surface area contributed by atoms with Gasteiger partial charge in [-0.05, 0) is 41.2 Å². The molecule has 29 heavy (non-hydrogen) atoms. The van der Waals surface area contributed by atoms with Gasteiger partial charge in [-0.15, -0.1) is 0 Å². The summed E-state index contributed by atoms with van der Waals surface area (Å²) in [6.45, 7) is 14.8. The summed E-state index contributed by atoms with van der Waals surface area (Å²) in [7, 11) is 0. The van der Waals surface area contributed by atoms with Gasteiger partial charge in [-0.1, -0.05) is 41.5 Å². The number of hydrogen-bond donors (Lipinski definition) is 2. The molecule has 2 fully saturated rings. The molecule has 0 bridgehead atoms. The average Bonchev–Trinajstić information content (AvgIpc) is 2.88. The Hall–Kier alpha value is -1.88. The van der Waals surface area contributed by atoms with E-state index in [0.717, 1.165) is 50.1 Å². The fraction of sp³-hybridized carbons (Fsp3) is 0.667. The minimum atomic E-state index is -0.271. The van der Waals surface area contributed by atoms with Crippen LogP contribution in [0.3, 0.4) is 0 Å². The van der Waals surface area contributed by atoms with E-state index in [-0.39, 0.29) is 34.3 Å². The van der Waals surface area contributed by atoms with Crippen molar-refractivity contribution in [2.45, 2.75) is 71.6 Å². The third kappa shape index (κ3) is 4.50. The number of ketones is 1. The quantitative estimate of drug-likeness (QED) is 0.725. The van der Waals surface area contributed by atoms with E-state index in [2.05, 4.69) is 0 Å². The molecule has 0 amide bonds. The summed E-state index contributed by atoms with van der Waals surface area (Å²) in [5.41, 5.74) is 1.77. The first-order valence-corrected chi connectivity index (χ1v) is 10.6. The molecule has 1 aromatic rings. The number of Topliss-reactive ketones (excluding diaryl/α,β-unsaturated/α-hetero) is 1. The van der Waals surface area contributed by atoms with Crippen LogP contribution >= 0.6 is 0 Å². The van der Waals surface area contributed by atoms with E-state index in [9.17, 15) is 9.90 Å². The number of hydrogen-bond acceptors (Lipinski definition) is 4. The molecule has 0 aliphatic carbocycles. The van der Waals surface area contributed by atoms with E-state index < -0.39 is 0 Å². The molecule has 0 saturated carbocycles. The van der Waals surface area contributed by atoms with Gasteiger partial charge in [0.05, 0.1) is 12.4 Å². The fourth-order valence-electron chi connectivity index (χ4n) is 4.52. The van der Waals surface area contributed by atoms with Gasteiger partial charge in [0.25, 0.3) is 0 Å². The van der Waals surface area contributed by atoms with E-state index >= 15 is 0 Å². The van der Waals surface area contributed by atoms with E-state index in [0.29, 0.717) is 11.4 Å². The van der Waals surface area contributed by atoms with Gasteiger partial charge in [0.15, 0.2) is 5.78 Å². The minimum absolute atomic E-state index is 0.00913. The number of benzene rings is 1. The highest BCUT2D eigenvalue weighted by atomic mass is 16.5. The molecule has 1 aromatic carbocycles. The standard InChI is InChI=1S/C24H36N2O3/c1-22(2,3)17-11-16(12-18(21(17)28)23(4,5)6)19(27)14-26-15-24(13-20(26)25)7-9-29-10-8-24/h11-12,25,28H,7-10,13-15H2,1-6H3. The Kier molecular flexibility index (Phi) is 5.59. The maximum absolute atomic E-state index is 13.2. The number of rotatable bonds is 3. The first-order valence-electron chi connectivity index (χ1n) is 10.6. The minimum Gasteiger partial charge on any atom is -0.507 e. The zero-order valence-electron chi connectivity index (χ0n) is 18.8. The van der Waals surface area contributed by atoms with Crippen molar-refractivity contribution in [1.82, 2.24) is 4.90 Å². The number of likely N-dealkylation sites (tertiary alicyclic amines) is 1. The highest BCUT2D eigenvalue weighted by Crippen LogP contribution is 2.42. The van der Waals surface area contributed by atoms with Crippen LogP contribution in [0.5, 0.6) is 5.75 Å². The number of carbonyl (C=O) groups is 1. The summed E-state index contributed by atoms with van der Waals surface area (Å²) >= 11 is 0. The van der Waals surface area contributed by atoms with Gasteiger partial charge in [0, 0.05) is 42.9 Å². The van der Waals surface area contributed by atoms with Crippen LogP contribution < -0.4 is 0 Å². The summed E-state index contributed by atoms with van der Waals surface area (Å²) in [5, 5.41) is 19.3. The Labute approximate surface area is 175 Å². The number of nitrogens with zero attached hydrogens (tertiary/aromatic N) is 1. The second-order valence-electron chi connectivity index (χ2n) is 10.9. The van der Waals surface area contributed by atoms with Gasteiger partial charge < -0.3 is 14.7 Å². The average molecular weight is 401 g/mol. The Morgan fingerprint density at radius 3 is 2.10 bits per heavy atom. The van der Waals surface area contributed by atoms with Crippen LogP contribution in [0.1, 0.15) is 82.3 Å². The monoisotopic (exact) mass is 400 g/mol. The molecule has 0 aromatic heterocycles. The Balaban J connectivity index is 1.88. The van der Waals surface area contributed by atoms with E-state index in [1.165, 1.54) is 0 Å². The number of nitrogens with one attached hydrogen (secondary N) is 1. The van der Waals surface area contributed by atoms with E-state index in [1.807, 2.05) is 58.6 Å². The van der Waals surface area contributed by atoms with Crippen molar-refractivity contribution in [3.05, 3.63) is 28.8 Å². The summed E-state index contributed by atoms with van der Waals surface area (Å²) in [6.07, 6.45) is 2.66. The Morgan fingerprint density at radius 1 is 1.10 bits per heavy atom. The lowest BCUT2D eigenvalue weighted by atomic mass is 9.78. The van der Waals surface area contributed by atoms with Crippen molar-refractivity contribution in [3.8, 4) is 5.75 Å². The first-order chi connectivity index (χ1) is 13.3. The van der Waals surface area contributed by atoms with E-state index in [1.54, 1.807) is 0 Å². The lowest BCUT2D eigenvalue weighted by Gasteiger charge is -2.32. The molecular weight excluding hydrogens is 364 g/mol. The molecule has 0 unspecified atom stereocenters. The van der Waals surface area contributed by atoms with Crippen molar-refractivity contribution in [3.63, 3.8) is 0 Å². The molecule has 2 heterocycles. The number of amidine groups is 1. The van der Waals surface area contributed by atoms with Crippen LogP contribution in [0.2, 0.25) is 0 Å². The number of phenolic OH excluding ortho intramolecular Hbond substituents is 1. The molecule has 0 radical (unpaired) electrons. The molecule has 2 aliphatic rings. The molecule has 3 rings (SSSR count). The first kappa shape index (κ1) is 21.8. The van der Waals surface area contributed by atoms with Crippen LogP contribution in [0.15, 0.2) is 12.1 Å². The van der Waals surface area contributed by atoms with Gasteiger partial charge >= 0.3 is 0 Å². The van der Waals surface area contributed by atoms with Gasteiger partial charge in [-0.2, -0.15) is 0 Å². The second-order valence-corrected chi connectivity index (χ2v) is 10.9. The maximum Gasteiger partial charge on any atom is 0.182 e. The number of carbonyl (C=O) groups excluding carboxylic acids is 1. The lowest BCUT2D eigenvalue weighted by Crippen LogP contribution is -2.35. The number of phenols is 1. The predicted molar refractivity (Wildman–Crippen MR) is 116 cm³/mol. The molecular formula is C24H36N2O3. The van der Waals surface area contributed by atoms with E-state index in [4.69, 9.17) is 10.1 Å². The molecule has 1 spiro atoms. The topological polar surface area (TPSA) is 73.6 Å². The van der Waals surface area contributed by atoms with Crippen LogP contribution in [-0.2, 0) is 15.6 Å². The molecule has 2 aliphatic heterocycles. The van der Waals surface area contributed by atoms with Crippen LogP contribution in [0, 0.1) is 10.8 Å². The highest BCUT2D eigenvalue weighted by molar-refractivity contribution is 6.00. The smallest absolute Gasteiger partial charge is 0.182 e. The highest BCUT2D eigenvalue weighted by Gasteiger charge is 2.42. The molecule has 2 N–H and O–H groups in total. The van der Waals surface area contributed by atoms with Gasteiger partial charge in [0.2, 0.25) is 0 Å². The Morgan fingerprint density at radius 2 is 1.62 bits per heavy atom. The molecule has 160 valence electrons. The van der Waals surface area contributed by atoms with Crippen molar-refractivity contribution in [1.29, 1.82) is 5.41 Å². The lowest BCUT2D eigenvalue weighted by molar-refractivity contribution is 0.0197. The molecule has 5 heteroatoms. The summed E-state index contributed by atoms with van der Waals surface area (Å²) in [6, 6.07) is 3.69. The second kappa shape index (κ2) is 7.42. The Bertz CT molecular complexity index is 773. The summed E-state index contributed by atoms with van der Waals surface area (Å²) < 4.78 is 5.50. The van der Waals surface area contributed by atoms with Crippen LogP contribution in [0.25, 0.3) is 0 Å². The zero-order chi connectivity index (χ0) is 21.6. The van der Waals surface area contributed by atoms with Crippen LogP contribution in [-0.4, -0.2) is 47.9 Å². The van der Waals surface area contributed by atoms with Crippen molar-refractivity contribution < 1.29 is 14.6 Å². The van der Waals surface area contributed by atoms with Crippen LogP contribution in [0.4, 0.5) is 0 Å². The molecule has 2 saturated heterocycles. The van der Waals surface area contributed by atoms with Crippen molar-refractivity contribution >= 4 is 11.6 Å². The normalized spacial score (nSPS) is 19.8. The van der Waals surface area contributed by atoms with Crippen molar-refractivity contribution in [2.75, 3.05) is 26.3 Å². The molecule has 5 nitrogen and oxygen atoms in total. The molecule has 0 atom stereocenters. The third-order valence-corrected chi connectivity index (χ3v) is 6.39. The number of ether oxygens (including phenoxy) is 1. The van der Waals surface area contributed by atoms with Gasteiger partial charge in [-0.3, -0.25) is 10.2 Å². The fourth-order valence-corrected chi connectivity index (χ4v) is 4.52. The largest absolute Gasteiger partial charge is 0.507 e. The van der Waals surface area contributed by atoms with Gasteiger partial charge in [-0.25, -0.2) is 0 Å². The zero-order valence-corrected chi connectivity index (χ0v) is 18.8. The maximum atomic E-state index is 13.2. The van der Waals surface area contributed by atoms with Gasteiger partial charge in [0.1, 0.15) is 5.75 Å². The summed E-state index contributed by atoms with van der Waals surface area (Å²) in [4.78, 5) is 15.2. The SMILES string of the molecule is CC(C)(C)c1cc(C(=O)CN2CC3(CCOCC3)CC2=N)cc(C(C)(C)C)c1O. The third-order valence-electron chi connectivity index (χ3n) is 6.39. The predicted octanol–water partition coefficient (Wildman–Crippen LogP) is 4.65.